The number of hydrogen-bond acceptors (Lipinski definition) is 3. The number of isothiocyanates is 1. The van der Waals surface area contributed by atoms with Crippen LogP contribution in [-0.4, -0.2) is 18.3 Å². The van der Waals surface area contributed by atoms with Crippen molar-refractivity contribution in [1.82, 2.24) is 0 Å². The standard InChI is InChI=1S/C7H5NS.C2H5ClO/c9-6-8-7-4-2-1-3-5-7;1-4-2-3/h1-5H;2H2,1H3. The van der Waals surface area contributed by atoms with E-state index in [1.807, 2.05) is 30.3 Å². The maximum Gasteiger partial charge on any atom is 0.120 e. The third kappa shape index (κ3) is 7.62. The number of methoxy groups -OCH3 is 1. The Hall–Kier alpha value is -0.730. The highest BCUT2D eigenvalue weighted by Gasteiger charge is 1.79. The molecular weight excluding hydrogens is 206 g/mol. The number of aliphatic imine (C=N–C) groups is 1. The van der Waals surface area contributed by atoms with Crippen LogP contribution in [0.2, 0.25) is 0 Å². The molecule has 0 aromatic heterocycles. The van der Waals surface area contributed by atoms with E-state index in [-0.39, 0.29) is 0 Å². The first kappa shape index (κ1) is 12.3. The predicted molar refractivity (Wildman–Crippen MR) is 58.9 cm³/mol. The molecule has 1 rings (SSSR count). The van der Waals surface area contributed by atoms with Gasteiger partial charge in [0.1, 0.15) is 6.07 Å². The van der Waals surface area contributed by atoms with Crippen molar-refractivity contribution in [2.45, 2.75) is 0 Å². The van der Waals surface area contributed by atoms with Crippen molar-refractivity contribution >= 4 is 34.7 Å². The van der Waals surface area contributed by atoms with Gasteiger partial charge in [0, 0.05) is 7.11 Å². The van der Waals surface area contributed by atoms with Crippen molar-refractivity contribution < 1.29 is 4.74 Å². The first-order valence-corrected chi connectivity index (χ1v) is 4.47. The van der Waals surface area contributed by atoms with Crippen molar-refractivity contribution in [1.29, 1.82) is 0 Å². The number of alkyl halides is 1. The molecule has 0 aliphatic carbocycles. The molecule has 70 valence electrons. The van der Waals surface area contributed by atoms with E-state index in [1.165, 1.54) is 0 Å². The zero-order valence-electron chi connectivity index (χ0n) is 7.24. The highest BCUT2D eigenvalue weighted by Crippen LogP contribution is 2.07. The number of ether oxygens (including phenoxy) is 1. The third-order valence-corrected chi connectivity index (χ3v) is 1.35. The van der Waals surface area contributed by atoms with E-state index >= 15 is 0 Å². The molecule has 0 unspecified atom stereocenters. The first-order valence-electron chi connectivity index (χ1n) is 3.53. The van der Waals surface area contributed by atoms with Gasteiger partial charge in [-0.2, -0.15) is 4.99 Å². The first-order chi connectivity index (χ1) is 6.35. The minimum absolute atomic E-state index is 0.292. The molecule has 1 aromatic rings. The summed E-state index contributed by atoms with van der Waals surface area (Å²) in [6.45, 7) is 0. The molecule has 0 radical (unpaired) electrons. The maximum absolute atomic E-state index is 4.96. The van der Waals surface area contributed by atoms with Gasteiger partial charge in [-0.05, 0) is 24.4 Å². The topological polar surface area (TPSA) is 21.6 Å². The molecule has 0 bridgehead atoms. The van der Waals surface area contributed by atoms with Crippen LogP contribution in [0.3, 0.4) is 0 Å². The lowest BCUT2D eigenvalue weighted by Crippen LogP contribution is -1.68. The molecule has 1 aromatic carbocycles. The van der Waals surface area contributed by atoms with Crippen molar-refractivity contribution in [3.63, 3.8) is 0 Å². The van der Waals surface area contributed by atoms with E-state index < -0.39 is 0 Å². The Morgan fingerprint density at radius 1 is 1.46 bits per heavy atom. The Labute approximate surface area is 88.2 Å². The number of para-hydroxylation sites is 1. The van der Waals surface area contributed by atoms with Crippen molar-refractivity contribution in [2.75, 3.05) is 13.2 Å². The minimum Gasteiger partial charge on any atom is -0.369 e. The second-order valence-electron chi connectivity index (χ2n) is 1.94. The van der Waals surface area contributed by atoms with E-state index in [0.29, 0.717) is 6.07 Å². The highest BCUT2D eigenvalue weighted by atomic mass is 35.5. The lowest BCUT2D eigenvalue weighted by Gasteiger charge is -1.83. The summed E-state index contributed by atoms with van der Waals surface area (Å²) >= 11 is 9.38. The van der Waals surface area contributed by atoms with Gasteiger partial charge < -0.3 is 4.74 Å². The number of benzene rings is 1. The van der Waals surface area contributed by atoms with Crippen LogP contribution in [-0.2, 0) is 4.74 Å². The van der Waals surface area contributed by atoms with Crippen LogP contribution < -0.4 is 0 Å². The van der Waals surface area contributed by atoms with Gasteiger partial charge in [0.15, 0.2) is 0 Å². The monoisotopic (exact) mass is 215 g/mol. The summed E-state index contributed by atoms with van der Waals surface area (Å²) in [5.74, 6) is 0. The van der Waals surface area contributed by atoms with Gasteiger partial charge in [-0.3, -0.25) is 0 Å². The number of rotatable bonds is 2. The molecule has 0 saturated carbocycles. The smallest absolute Gasteiger partial charge is 0.120 e. The fourth-order valence-corrected chi connectivity index (χ4v) is 0.661. The largest absolute Gasteiger partial charge is 0.369 e. The fraction of sp³-hybridized carbons (Fsp3) is 0.222. The van der Waals surface area contributed by atoms with Crippen molar-refractivity contribution in [3.8, 4) is 0 Å². The van der Waals surface area contributed by atoms with Crippen LogP contribution in [0.5, 0.6) is 0 Å². The molecule has 0 fully saturated rings. The summed E-state index contributed by atoms with van der Waals surface area (Å²) in [5, 5.41) is 2.29. The number of hydrogen-bond donors (Lipinski definition) is 0. The molecule has 4 heteroatoms. The molecule has 0 aliphatic rings. The van der Waals surface area contributed by atoms with E-state index in [4.69, 9.17) is 11.6 Å². The predicted octanol–water partition coefficient (Wildman–Crippen LogP) is 3.25. The van der Waals surface area contributed by atoms with Gasteiger partial charge in [0.25, 0.3) is 0 Å². The van der Waals surface area contributed by atoms with E-state index in [2.05, 4.69) is 27.1 Å². The highest BCUT2D eigenvalue weighted by molar-refractivity contribution is 7.78. The third-order valence-electron chi connectivity index (χ3n) is 1.04. The molecule has 0 aliphatic heterocycles. The molecule has 0 N–H and O–H groups in total. The molecule has 0 amide bonds. The average molecular weight is 216 g/mol. The summed E-state index contributed by atoms with van der Waals surface area (Å²) in [6.07, 6.45) is 0. The summed E-state index contributed by atoms with van der Waals surface area (Å²) in [4.78, 5) is 3.77. The van der Waals surface area contributed by atoms with Gasteiger partial charge in [0.2, 0.25) is 0 Å². The Bertz CT molecular complexity index is 258. The Kier molecular flexibility index (Phi) is 8.83. The van der Waals surface area contributed by atoms with Crippen LogP contribution in [0.25, 0.3) is 0 Å². The Morgan fingerprint density at radius 3 is 2.38 bits per heavy atom. The lowest BCUT2D eigenvalue weighted by atomic mass is 10.3. The van der Waals surface area contributed by atoms with Crippen LogP contribution in [0.4, 0.5) is 5.69 Å². The van der Waals surface area contributed by atoms with Crippen molar-refractivity contribution in [3.05, 3.63) is 30.3 Å². The molecule has 0 atom stereocenters. The maximum atomic E-state index is 4.96. The Morgan fingerprint density at radius 2 is 2.00 bits per heavy atom. The summed E-state index contributed by atoms with van der Waals surface area (Å²) < 4.78 is 4.31. The average Bonchev–Trinajstić information content (AvgIpc) is 2.20. The van der Waals surface area contributed by atoms with Gasteiger partial charge in [-0.1, -0.05) is 29.8 Å². The number of thiocarbonyl (C=S) groups is 1. The van der Waals surface area contributed by atoms with Gasteiger partial charge >= 0.3 is 0 Å². The normalized spacial score (nSPS) is 7.85. The molecule has 13 heavy (non-hydrogen) atoms. The number of nitrogens with zero attached hydrogens (tertiary/aromatic N) is 1. The van der Waals surface area contributed by atoms with Gasteiger partial charge in [-0.25, -0.2) is 0 Å². The van der Waals surface area contributed by atoms with Crippen molar-refractivity contribution in [2.24, 2.45) is 4.99 Å². The van der Waals surface area contributed by atoms with E-state index in [9.17, 15) is 0 Å². The van der Waals surface area contributed by atoms with Crippen LogP contribution in [0, 0.1) is 0 Å². The van der Waals surface area contributed by atoms with Crippen LogP contribution in [0.15, 0.2) is 35.3 Å². The zero-order valence-corrected chi connectivity index (χ0v) is 8.81. The van der Waals surface area contributed by atoms with Crippen LogP contribution >= 0.6 is 23.8 Å². The molecule has 0 spiro atoms. The lowest BCUT2D eigenvalue weighted by molar-refractivity contribution is 0.254. The molecule has 0 saturated heterocycles. The summed E-state index contributed by atoms with van der Waals surface area (Å²) in [5.41, 5.74) is 0.854. The molecular formula is C9H10ClNOS. The SMILES string of the molecule is COCCl.S=C=Nc1ccccc1. The minimum atomic E-state index is 0.292. The van der Waals surface area contributed by atoms with E-state index in [0.717, 1.165) is 5.69 Å². The quantitative estimate of drug-likeness (QED) is 0.429. The second-order valence-corrected chi connectivity index (χ2v) is 2.34. The van der Waals surface area contributed by atoms with E-state index in [1.54, 1.807) is 7.11 Å². The fourth-order valence-electron chi connectivity index (χ4n) is 0.555. The Balaban J connectivity index is 0.000000310. The second kappa shape index (κ2) is 9.36. The summed E-state index contributed by atoms with van der Waals surface area (Å²) in [7, 11) is 1.55. The number of halogens is 1. The molecule has 2 nitrogen and oxygen atoms in total. The zero-order chi connectivity index (χ0) is 9.94. The van der Waals surface area contributed by atoms with Gasteiger partial charge in [0.05, 0.1) is 10.8 Å². The van der Waals surface area contributed by atoms with Gasteiger partial charge in [-0.15, -0.1) is 0 Å². The summed E-state index contributed by atoms with van der Waals surface area (Å²) in [6, 6.07) is 9.79. The molecule has 0 heterocycles. The van der Waals surface area contributed by atoms with Crippen LogP contribution in [0.1, 0.15) is 0 Å².